The number of aryl methyl sites for hydroxylation is 3. The highest BCUT2D eigenvalue weighted by Gasteiger charge is 2.17. The molecule has 0 saturated carbocycles. The highest BCUT2D eigenvalue weighted by Crippen LogP contribution is 2.29. The second-order valence-corrected chi connectivity index (χ2v) is 5.47. The average Bonchev–Trinajstić information content (AvgIpc) is 2.39. The van der Waals surface area contributed by atoms with Gasteiger partial charge in [-0.1, -0.05) is 35.9 Å². The summed E-state index contributed by atoms with van der Waals surface area (Å²) >= 11 is 0. The van der Waals surface area contributed by atoms with Crippen LogP contribution < -0.4 is 0 Å². The Kier molecular flexibility index (Phi) is 2.98. The zero-order valence-corrected chi connectivity index (χ0v) is 11.5. The molecule has 0 saturated heterocycles. The number of hydrogen-bond donors (Lipinski definition) is 0. The molecule has 0 spiro atoms. The van der Waals surface area contributed by atoms with E-state index < -0.39 is 0 Å². The molecule has 0 fully saturated rings. The number of rotatable bonds is 1. The zero-order chi connectivity index (χ0) is 13.4. The van der Waals surface area contributed by atoms with Gasteiger partial charge in [0.15, 0.2) is 5.78 Å². The van der Waals surface area contributed by atoms with Gasteiger partial charge < -0.3 is 0 Å². The monoisotopic (exact) mass is 250 g/mol. The molecule has 0 bridgehead atoms. The molecule has 2 aromatic carbocycles. The van der Waals surface area contributed by atoms with Crippen LogP contribution in [0.25, 0.3) is 11.1 Å². The lowest BCUT2D eigenvalue weighted by Crippen LogP contribution is -2.10. The first-order valence-electron chi connectivity index (χ1n) is 6.89. The third kappa shape index (κ3) is 2.21. The van der Waals surface area contributed by atoms with E-state index in [9.17, 15) is 4.79 Å². The number of Topliss-reactive ketones (excluding diaryl/α,β-unsaturated/α-hetero) is 1. The molecule has 1 nitrogen and oxygen atoms in total. The maximum Gasteiger partial charge on any atom is 0.163 e. The van der Waals surface area contributed by atoms with Crippen LogP contribution in [-0.4, -0.2) is 5.78 Å². The van der Waals surface area contributed by atoms with Crippen molar-refractivity contribution in [2.24, 2.45) is 0 Å². The fraction of sp³-hybridized carbons (Fsp3) is 0.278. The van der Waals surface area contributed by atoms with E-state index in [-0.39, 0.29) is 0 Å². The van der Waals surface area contributed by atoms with Gasteiger partial charge in [-0.25, -0.2) is 0 Å². The maximum absolute atomic E-state index is 12.0. The van der Waals surface area contributed by atoms with Crippen LogP contribution in [0.1, 0.15) is 39.9 Å². The highest BCUT2D eigenvalue weighted by atomic mass is 16.1. The normalized spacial score (nSPS) is 14.3. The molecule has 3 rings (SSSR count). The fourth-order valence-electron chi connectivity index (χ4n) is 2.93. The maximum atomic E-state index is 12.0. The molecule has 0 amide bonds. The van der Waals surface area contributed by atoms with Gasteiger partial charge in [0.05, 0.1) is 0 Å². The van der Waals surface area contributed by atoms with Crippen molar-refractivity contribution in [1.29, 1.82) is 0 Å². The SMILES string of the molecule is Cc1ccc(-c2ccc3c(c2)C(=O)CCC3)c(C)c1. The topological polar surface area (TPSA) is 17.1 Å². The zero-order valence-electron chi connectivity index (χ0n) is 11.5. The summed E-state index contributed by atoms with van der Waals surface area (Å²) in [6, 6.07) is 12.8. The summed E-state index contributed by atoms with van der Waals surface area (Å²) in [5, 5.41) is 0. The Morgan fingerprint density at radius 2 is 1.74 bits per heavy atom. The van der Waals surface area contributed by atoms with Crippen LogP contribution in [0.5, 0.6) is 0 Å². The summed E-state index contributed by atoms with van der Waals surface area (Å²) in [6.45, 7) is 4.23. The number of fused-ring (bicyclic) bond motifs is 1. The van der Waals surface area contributed by atoms with E-state index in [4.69, 9.17) is 0 Å². The Morgan fingerprint density at radius 3 is 2.53 bits per heavy atom. The van der Waals surface area contributed by atoms with E-state index in [1.54, 1.807) is 0 Å². The Hall–Kier alpha value is -1.89. The van der Waals surface area contributed by atoms with Gasteiger partial charge in [-0.15, -0.1) is 0 Å². The molecule has 0 aromatic heterocycles. The molecule has 0 aliphatic heterocycles. The lowest BCUT2D eigenvalue weighted by Gasteiger charge is -2.16. The van der Waals surface area contributed by atoms with Crippen LogP contribution in [0.15, 0.2) is 36.4 Å². The van der Waals surface area contributed by atoms with Gasteiger partial charge in [0, 0.05) is 12.0 Å². The van der Waals surface area contributed by atoms with Crippen LogP contribution in [0.4, 0.5) is 0 Å². The molecular weight excluding hydrogens is 232 g/mol. The van der Waals surface area contributed by atoms with Crippen molar-refractivity contribution in [2.75, 3.05) is 0 Å². The molecule has 0 unspecified atom stereocenters. The molecule has 0 radical (unpaired) electrons. The van der Waals surface area contributed by atoms with Crippen molar-refractivity contribution in [3.8, 4) is 11.1 Å². The summed E-state index contributed by atoms with van der Waals surface area (Å²) in [5.41, 5.74) is 7.07. The largest absolute Gasteiger partial charge is 0.294 e. The Balaban J connectivity index is 2.11. The van der Waals surface area contributed by atoms with Crippen molar-refractivity contribution in [3.05, 3.63) is 58.7 Å². The van der Waals surface area contributed by atoms with E-state index in [0.29, 0.717) is 12.2 Å². The number of hydrogen-bond acceptors (Lipinski definition) is 1. The van der Waals surface area contributed by atoms with E-state index >= 15 is 0 Å². The quantitative estimate of drug-likeness (QED) is 0.728. The number of benzene rings is 2. The smallest absolute Gasteiger partial charge is 0.163 e. The molecule has 1 aliphatic carbocycles. The molecule has 1 heteroatoms. The summed E-state index contributed by atoms with van der Waals surface area (Å²) < 4.78 is 0. The summed E-state index contributed by atoms with van der Waals surface area (Å²) in [4.78, 5) is 12.0. The van der Waals surface area contributed by atoms with Gasteiger partial charge in [0.1, 0.15) is 0 Å². The molecule has 2 aromatic rings. The first kappa shape index (κ1) is 12.2. The Morgan fingerprint density at radius 1 is 0.895 bits per heavy atom. The third-order valence-electron chi connectivity index (χ3n) is 3.95. The molecule has 96 valence electrons. The third-order valence-corrected chi connectivity index (χ3v) is 3.95. The molecule has 0 heterocycles. The predicted octanol–water partition coefficient (Wildman–Crippen LogP) is 4.49. The van der Waals surface area contributed by atoms with Crippen molar-refractivity contribution >= 4 is 5.78 Å². The van der Waals surface area contributed by atoms with Crippen LogP contribution >= 0.6 is 0 Å². The van der Waals surface area contributed by atoms with E-state index in [1.807, 2.05) is 0 Å². The number of ketones is 1. The average molecular weight is 250 g/mol. The highest BCUT2D eigenvalue weighted by molar-refractivity contribution is 5.99. The van der Waals surface area contributed by atoms with Crippen LogP contribution in [0.3, 0.4) is 0 Å². The summed E-state index contributed by atoms with van der Waals surface area (Å²) in [7, 11) is 0. The molecule has 0 N–H and O–H groups in total. The van der Waals surface area contributed by atoms with Gasteiger partial charge in [0.2, 0.25) is 0 Å². The Bertz CT molecular complexity index is 653. The molecule has 1 aliphatic rings. The summed E-state index contributed by atoms with van der Waals surface area (Å²) in [5.74, 6) is 0.299. The van der Waals surface area contributed by atoms with Crippen LogP contribution in [0, 0.1) is 13.8 Å². The minimum atomic E-state index is 0.299. The van der Waals surface area contributed by atoms with Crippen molar-refractivity contribution in [3.63, 3.8) is 0 Å². The van der Waals surface area contributed by atoms with E-state index in [1.165, 1.54) is 22.3 Å². The molecule has 19 heavy (non-hydrogen) atoms. The second kappa shape index (κ2) is 4.65. The predicted molar refractivity (Wildman–Crippen MR) is 78.6 cm³/mol. The van der Waals surface area contributed by atoms with Gasteiger partial charge in [-0.05, 0) is 55.0 Å². The van der Waals surface area contributed by atoms with Crippen molar-refractivity contribution in [1.82, 2.24) is 0 Å². The van der Waals surface area contributed by atoms with Crippen molar-refractivity contribution < 1.29 is 4.79 Å². The van der Waals surface area contributed by atoms with Gasteiger partial charge >= 0.3 is 0 Å². The van der Waals surface area contributed by atoms with Gasteiger partial charge in [-0.2, -0.15) is 0 Å². The second-order valence-electron chi connectivity index (χ2n) is 5.47. The Labute approximate surface area is 114 Å². The van der Waals surface area contributed by atoms with Gasteiger partial charge in [0.25, 0.3) is 0 Å². The minimum Gasteiger partial charge on any atom is -0.294 e. The van der Waals surface area contributed by atoms with Crippen LogP contribution in [0.2, 0.25) is 0 Å². The first-order valence-corrected chi connectivity index (χ1v) is 6.89. The lowest BCUT2D eigenvalue weighted by molar-refractivity contribution is 0.0972. The minimum absolute atomic E-state index is 0.299. The van der Waals surface area contributed by atoms with E-state index in [0.717, 1.165) is 24.0 Å². The fourth-order valence-corrected chi connectivity index (χ4v) is 2.93. The molecular formula is C18H18O. The first-order chi connectivity index (χ1) is 9.15. The number of carbonyl (C=O) groups excluding carboxylic acids is 1. The lowest BCUT2D eigenvalue weighted by atomic mass is 9.87. The molecule has 0 atom stereocenters. The summed E-state index contributed by atoms with van der Waals surface area (Å²) in [6.07, 6.45) is 2.73. The van der Waals surface area contributed by atoms with E-state index in [2.05, 4.69) is 50.2 Å². The van der Waals surface area contributed by atoms with Crippen LogP contribution in [-0.2, 0) is 6.42 Å². The number of carbonyl (C=O) groups is 1. The standard InChI is InChI=1S/C18H18O/c1-12-6-9-16(13(2)10-12)15-8-7-14-4-3-5-18(19)17(14)11-15/h6-11H,3-5H2,1-2H3. The van der Waals surface area contributed by atoms with Gasteiger partial charge in [-0.3, -0.25) is 4.79 Å². The van der Waals surface area contributed by atoms with Crippen molar-refractivity contribution in [2.45, 2.75) is 33.1 Å².